The van der Waals surface area contributed by atoms with Crippen LogP contribution in [0.3, 0.4) is 0 Å². The molecule has 0 radical (unpaired) electrons. The van der Waals surface area contributed by atoms with Crippen molar-refractivity contribution in [2.24, 2.45) is 5.92 Å². The molecule has 17 heteroatoms. The Morgan fingerprint density at radius 2 is 1.45 bits per heavy atom. The van der Waals surface area contributed by atoms with E-state index in [-0.39, 0.29) is 12.8 Å². The van der Waals surface area contributed by atoms with E-state index in [1.165, 1.54) is 4.90 Å². The van der Waals surface area contributed by atoms with Gasteiger partial charge in [-0.25, -0.2) is 4.79 Å². The monoisotopic (exact) mass is 889 g/mol. The molecule has 2 aromatic heterocycles. The predicted octanol–water partition coefficient (Wildman–Crippen LogP) is 4.62. The molecule has 1 saturated heterocycles. The number of anilines is 2. The van der Waals surface area contributed by atoms with Crippen molar-refractivity contribution >= 4 is 53.3 Å². The number of carbonyl (C=O) groups excluding carboxylic acids is 6. The molecule has 1 fully saturated rings. The van der Waals surface area contributed by atoms with Crippen molar-refractivity contribution in [1.29, 1.82) is 0 Å². The maximum Gasteiger partial charge on any atom is 0.323 e. The Labute approximate surface area is 379 Å². The van der Waals surface area contributed by atoms with Crippen molar-refractivity contribution in [3.8, 4) is 0 Å². The molecule has 6 N–H and O–H groups in total. The Balaban J connectivity index is 1.27. The third-order valence-corrected chi connectivity index (χ3v) is 11.0. The van der Waals surface area contributed by atoms with E-state index >= 15 is 0 Å². The highest BCUT2D eigenvalue weighted by Crippen LogP contribution is 2.20. The summed E-state index contributed by atoms with van der Waals surface area (Å²) in [6.45, 7) is 7.34. The topological polar surface area (TPSA) is 232 Å². The molecule has 65 heavy (non-hydrogen) atoms. The third-order valence-electron chi connectivity index (χ3n) is 11.0. The van der Waals surface area contributed by atoms with Crippen molar-refractivity contribution in [2.75, 3.05) is 23.7 Å². The molecule has 3 heterocycles. The predicted molar refractivity (Wildman–Crippen MR) is 244 cm³/mol. The fourth-order valence-corrected chi connectivity index (χ4v) is 7.55. The highest BCUT2D eigenvalue weighted by molar-refractivity contribution is 6.00. The average molecular weight is 890 g/mol. The fraction of sp³-hybridized carbons (Fsp3) is 0.396. The van der Waals surface area contributed by atoms with Gasteiger partial charge in [-0.3, -0.25) is 38.8 Å². The molecular weight excluding hydrogens is 831 g/mol. The standard InChI is InChI=1S/C48H59N9O8/c1-32(2)44(47(64)57-26-12-16-38(57)31-58)55-46(63)41(28-43(60)61)53-45(62)40(18-8-11-25-56(29-36-14-6-9-23-49-36)30-37-15-7-10-24-50-37)52-42(59)27-34-19-21-35(22-20-34)51-48(65)54-39-17-5-4-13-33(39)3/h4-7,9-10,13-15,17,19-24,31-32,38,40-41,44H,8,11-12,16,18,25-30H2,1-3H3,(H,52,59)(H,53,62)(H,55,63)(H,60,61)(H2,51,54,65)/t38-,40-,41-,44-/m0/s1. The summed E-state index contributed by atoms with van der Waals surface area (Å²) in [5, 5.41) is 23.4. The molecule has 4 atom stereocenters. The van der Waals surface area contributed by atoms with E-state index in [0.29, 0.717) is 75.1 Å². The van der Waals surface area contributed by atoms with Gasteiger partial charge in [0.25, 0.3) is 0 Å². The van der Waals surface area contributed by atoms with Crippen molar-refractivity contribution in [3.63, 3.8) is 0 Å². The molecule has 6 amide bonds. The van der Waals surface area contributed by atoms with E-state index in [1.807, 2.05) is 61.5 Å². The Hall–Kier alpha value is -7.01. The van der Waals surface area contributed by atoms with E-state index in [2.05, 4.69) is 41.5 Å². The van der Waals surface area contributed by atoms with Gasteiger partial charge in [-0.1, -0.05) is 56.3 Å². The number of carboxylic acid groups (broad SMARTS) is 1. The van der Waals surface area contributed by atoms with Crippen LogP contribution in [0.4, 0.5) is 16.2 Å². The highest BCUT2D eigenvalue weighted by Gasteiger charge is 2.37. The summed E-state index contributed by atoms with van der Waals surface area (Å²) < 4.78 is 0. The van der Waals surface area contributed by atoms with Gasteiger partial charge in [-0.15, -0.1) is 0 Å². The lowest BCUT2D eigenvalue weighted by atomic mass is 10.0. The molecule has 0 unspecified atom stereocenters. The number of aliphatic carboxylic acids is 1. The van der Waals surface area contributed by atoms with Crippen LogP contribution in [0.5, 0.6) is 0 Å². The van der Waals surface area contributed by atoms with Gasteiger partial charge in [0.15, 0.2) is 0 Å². The summed E-state index contributed by atoms with van der Waals surface area (Å²) in [6, 6.07) is 20.5. The van der Waals surface area contributed by atoms with Crippen LogP contribution in [0.1, 0.15) is 74.9 Å². The number of carboxylic acids is 1. The van der Waals surface area contributed by atoms with Crippen molar-refractivity contribution in [3.05, 3.63) is 120 Å². The first-order valence-electron chi connectivity index (χ1n) is 21.9. The number of unbranched alkanes of at least 4 members (excludes halogenated alkanes) is 1. The maximum atomic E-state index is 14.1. The Bertz CT molecular complexity index is 2190. The number of likely N-dealkylation sites (tertiary alicyclic amines) is 1. The number of rotatable bonds is 23. The minimum absolute atomic E-state index is 0.128. The molecular formula is C48H59N9O8. The van der Waals surface area contributed by atoms with Gasteiger partial charge < -0.3 is 41.4 Å². The number of aldehydes is 1. The highest BCUT2D eigenvalue weighted by atomic mass is 16.4. The minimum atomic E-state index is -1.59. The lowest BCUT2D eigenvalue weighted by Gasteiger charge is -2.30. The van der Waals surface area contributed by atoms with Crippen molar-refractivity contribution in [2.45, 2.75) is 103 Å². The second-order valence-corrected chi connectivity index (χ2v) is 16.5. The number of aromatic nitrogens is 2. The normalized spacial score (nSPS) is 14.8. The summed E-state index contributed by atoms with van der Waals surface area (Å²) in [5.41, 5.74) is 4.39. The van der Waals surface area contributed by atoms with E-state index in [4.69, 9.17) is 0 Å². The van der Waals surface area contributed by atoms with Crippen LogP contribution in [-0.4, -0.2) is 104 Å². The fourth-order valence-electron chi connectivity index (χ4n) is 7.55. The zero-order valence-corrected chi connectivity index (χ0v) is 37.1. The number of aryl methyl sites for hydroxylation is 1. The zero-order valence-electron chi connectivity index (χ0n) is 37.1. The number of hydrogen-bond donors (Lipinski definition) is 6. The van der Waals surface area contributed by atoms with E-state index in [9.17, 15) is 38.7 Å². The number of hydrogen-bond acceptors (Lipinski definition) is 10. The van der Waals surface area contributed by atoms with Crippen LogP contribution < -0.4 is 26.6 Å². The molecule has 0 bridgehead atoms. The molecule has 1 aliphatic heterocycles. The molecule has 17 nitrogen and oxygen atoms in total. The zero-order chi connectivity index (χ0) is 46.7. The second-order valence-electron chi connectivity index (χ2n) is 16.5. The Kier molecular flexibility index (Phi) is 18.6. The molecule has 0 saturated carbocycles. The summed E-state index contributed by atoms with van der Waals surface area (Å²) in [5.74, 6) is -4.43. The summed E-state index contributed by atoms with van der Waals surface area (Å²) in [6.07, 6.45) is 5.56. The van der Waals surface area contributed by atoms with Crippen LogP contribution in [0.25, 0.3) is 0 Å². The van der Waals surface area contributed by atoms with Crippen LogP contribution >= 0.6 is 0 Å². The van der Waals surface area contributed by atoms with Gasteiger partial charge in [0.2, 0.25) is 23.6 Å². The van der Waals surface area contributed by atoms with Crippen molar-refractivity contribution in [1.82, 2.24) is 35.7 Å². The van der Waals surface area contributed by atoms with E-state index < -0.39 is 72.1 Å². The lowest BCUT2D eigenvalue weighted by Crippen LogP contribution is -2.59. The summed E-state index contributed by atoms with van der Waals surface area (Å²) >= 11 is 0. The quantitative estimate of drug-likeness (QED) is 0.0445. The molecule has 4 aromatic rings. The number of nitrogens with one attached hydrogen (secondary N) is 5. The Morgan fingerprint density at radius 3 is 2.05 bits per heavy atom. The first kappa shape index (κ1) is 49.0. The van der Waals surface area contributed by atoms with E-state index in [1.54, 1.807) is 56.6 Å². The van der Waals surface area contributed by atoms with Crippen LogP contribution in [0.2, 0.25) is 0 Å². The first-order chi connectivity index (χ1) is 31.3. The van der Waals surface area contributed by atoms with Gasteiger partial charge in [0.05, 0.1) is 30.3 Å². The lowest BCUT2D eigenvalue weighted by molar-refractivity contribution is -0.143. The van der Waals surface area contributed by atoms with Crippen LogP contribution in [0.15, 0.2) is 97.3 Å². The van der Waals surface area contributed by atoms with E-state index in [0.717, 1.165) is 17.0 Å². The SMILES string of the molecule is Cc1ccccc1NC(=O)Nc1ccc(CC(=O)N[C@@H](CCCCN(Cc2ccccn2)Cc2ccccn2)C(=O)N[C@@H](CC(=O)O)C(=O)N[C@H](C(=O)N2CCC[C@H]2C=O)C(C)C)cc1. The molecule has 344 valence electrons. The Morgan fingerprint density at radius 1 is 0.800 bits per heavy atom. The van der Waals surface area contributed by atoms with Gasteiger partial charge in [0.1, 0.15) is 24.4 Å². The number of pyridine rings is 2. The first-order valence-corrected chi connectivity index (χ1v) is 21.9. The minimum Gasteiger partial charge on any atom is -0.481 e. The third kappa shape index (κ3) is 15.6. The number of urea groups is 1. The number of benzene rings is 2. The van der Waals surface area contributed by atoms with Crippen LogP contribution in [0, 0.1) is 12.8 Å². The number of amides is 6. The summed E-state index contributed by atoms with van der Waals surface area (Å²) in [4.78, 5) is 104. The van der Waals surface area contributed by atoms with Gasteiger partial charge >= 0.3 is 12.0 Å². The number of nitrogens with zero attached hydrogens (tertiary/aromatic N) is 4. The number of carbonyl (C=O) groups is 7. The summed E-state index contributed by atoms with van der Waals surface area (Å²) in [7, 11) is 0. The largest absolute Gasteiger partial charge is 0.481 e. The van der Waals surface area contributed by atoms with Crippen LogP contribution in [-0.2, 0) is 48.3 Å². The average Bonchev–Trinajstić information content (AvgIpc) is 3.77. The molecule has 0 spiro atoms. The second kappa shape index (κ2) is 24.7. The molecule has 2 aromatic carbocycles. The molecule has 5 rings (SSSR count). The van der Waals surface area contributed by atoms with Gasteiger partial charge in [0, 0.05) is 43.4 Å². The van der Waals surface area contributed by atoms with Crippen molar-refractivity contribution < 1.29 is 38.7 Å². The smallest absolute Gasteiger partial charge is 0.323 e. The van der Waals surface area contributed by atoms with Gasteiger partial charge in [-0.2, -0.15) is 0 Å². The molecule has 0 aliphatic carbocycles. The molecule has 1 aliphatic rings. The number of para-hydroxylation sites is 1. The van der Waals surface area contributed by atoms with Gasteiger partial charge in [-0.05, 0) is 105 Å². The maximum absolute atomic E-state index is 14.1.